The van der Waals surface area contributed by atoms with Crippen LogP contribution in [0.25, 0.3) is 0 Å². The van der Waals surface area contributed by atoms with Gasteiger partial charge in [-0.3, -0.25) is 14.9 Å². The Labute approximate surface area is 119 Å². The number of nitrogens with zero attached hydrogens (tertiary/aromatic N) is 2. The highest BCUT2D eigenvalue weighted by Gasteiger charge is 2.23. The number of nitro groups is 1. The van der Waals surface area contributed by atoms with Crippen molar-refractivity contribution in [3.8, 4) is 0 Å². The third-order valence-electron chi connectivity index (χ3n) is 2.57. The van der Waals surface area contributed by atoms with Crippen molar-refractivity contribution in [2.75, 3.05) is 5.32 Å². The van der Waals surface area contributed by atoms with Gasteiger partial charge < -0.3 is 5.32 Å². The Morgan fingerprint density at radius 3 is 2.80 bits per heavy atom. The minimum Gasteiger partial charge on any atom is -0.306 e. The minimum absolute atomic E-state index is 0.0835. The minimum atomic E-state index is -0.680. The second-order valence-corrected chi connectivity index (χ2v) is 4.47. The highest BCUT2D eigenvalue weighted by atomic mass is 35.5. The molecular weight excluding hydrogens is 282 g/mol. The van der Waals surface area contributed by atoms with Crippen LogP contribution < -0.4 is 5.32 Å². The molecule has 0 saturated carbocycles. The largest absolute Gasteiger partial charge is 0.306 e. The molecule has 0 aliphatic heterocycles. The van der Waals surface area contributed by atoms with Crippen LogP contribution in [0.15, 0.2) is 36.5 Å². The van der Waals surface area contributed by atoms with E-state index in [2.05, 4.69) is 10.3 Å². The number of anilines is 1. The molecule has 0 fully saturated rings. The number of rotatable bonds is 3. The van der Waals surface area contributed by atoms with Gasteiger partial charge in [-0.25, -0.2) is 4.98 Å². The van der Waals surface area contributed by atoms with Crippen molar-refractivity contribution in [1.82, 2.24) is 4.98 Å². The SMILES string of the molecule is Cc1ccnc(NC(=O)c2cccc(Cl)c2[N+](=O)[O-])c1. The summed E-state index contributed by atoms with van der Waals surface area (Å²) in [4.78, 5) is 26.4. The van der Waals surface area contributed by atoms with Gasteiger partial charge in [0.2, 0.25) is 0 Å². The molecule has 2 rings (SSSR count). The number of hydrogen-bond donors (Lipinski definition) is 1. The number of amides is 1. The van der Waals surface area contributed by atoms with Crippen LogP contribution in [0, 0.1) is 17.0 Å². The van der Waals surface area contributed by atoms with Crippen molar-refractivity contribution in [1.29, 1.82) is 0 Å². The predicted molar refractivity (Wildman–Crippen MR) is 75.0 cm³/mol. The number of hydrogen-bond acceptors (Lipinski definition) is 4. The molecule has 0 aliphatic rings. The third-order valence-corrected chi connectivity index (χ3v) is 2.88. The number of benzene rings is 1. The number of pyridine rings is 1. The molecule has 7 heteroatoms. The third kappa shape index (κ3) is 2.92. The normalized spacial score (nSPS) is 10.1. The topological polar surface area (TPSA) is 85.1 Å². The first-order chi connectivity index (χ1) is 9.49. The molecule has 0 saturated heterocycles. The van der Waals surface area contributed by atoms with Gasteiger partial charge in [0.1, 0.15) is 16.4 Å². The molecule has 0 spiro atoms. The van der Waals surface area contributed by atoms with Gasteiger partial charge in [-0.2, -0.15) is 0 Å². The lowest BCUT2D eigenvalue weighted by molar-refractivity contribution is -0.385. The van der Waals surface area contributed by atoms with Crippen LogP contribution in [-0.4, -0.2) is 15.8 Å². The molecule has 0 radical (unpaired) electrons. The number of nitro benzene ring substituents is 1. The van der Waals surface area contributed by atoms with Crippen molar-refractivity contribution in [3.63, 3.8) is 0 Å². The highest BCUT2D eigenvalue weighted by Crippen LogP contribution is 2.28. The molecule has 20 heavy (non-hydrogen) atoms. The summed E-state index contributed by atoms with van der Waals surface area (Å²) in [6, 6.07) is 7.62. The van der Waals surface area contributed by atoms with E-state index in [0.717, 1.165) is 5.56 Å². The fourth-order valence-electron chi connectivity index (χ4n) is 1.67. The summed E-state index contributed by atoms with van der Waals surface area (Å²) in [6.07, 6.45) is 1.54. The van der Waals surface area contributed by atoms with Crippen molar-refractivity contribution in [2.45, 2.75) is 6.92 Å². The second-order valence-electron chi connectivity index (χ2n) is 4.07. The second kappa shape index (κ2) is 5.66. The Bertz CT molecular complexity index is 688. The van der Waals surface area contributed by atoms with Gasteiger partial charge in [-0.05, 0) is 36.8 Å². The summed E-state index contributed by atoms with van der Waals surface area (Å²) in [6.45, 7) is 1.85. The molecule has 2 aromatic rings. The van der Waals surface area contributed by atoms with E-state index >= 15 is 0 Å². The summed E-state index contributed by atoms with van der Waals surface area (Å²) in [5, 5.41) is 13.4. The molecule has 0 unspecified atom stereocenters. The maximum atomic E-state index is 12.1. The maximum Gasteiger partial charge on any atom is 0.300 e. The molecule has 0 aliphatic carbocycles. The van der Waals surface area contributed by atoms with Gasteiger partial charge in [0.05, 0.1) is 4.92 Å². The number of aromatic nitrogens is 1. The van der Waals surface area contributed by atoms with Crippen LogP contribution in [-0.2, 0) is 0 Å². The fourth-order valence-corrected chi connectivity index (χ4v) is 1.92. The van der Waals surface area contributed by atoms with Crippen molar-refractivity contribution in [3.05, 3.63) is 62.8 Å². The van der Waals surface area contributed by atoms with E-state index in [9.17, 15) is 14.9 Å². The Morgan fingerprint density at radius 1 is 1.40 bits per heavy atom. The smallest absolute Gasteiger partial charge is 0.300 e. The Morgan fingerprint density at radius 2 is 2.15 bits per heavy atom. The van der Waals surface area contributed by atoms with Crippen LogP contribution in [0.2, 0.25) is 5.02 Å². The van der Waals surface area contributed by atoms with Crippen molar-refractivity contribution in [2.24, 2.45) is 0 Å². The lowest BCUT2D eigenvalue weighted by Crippen LogP contribution is -2.15. The van der Waals surface area contributed by atoms with E-state index in [1.807, 2.05) is 6.92 Å². The maximum absolute atomic E-state index is 12.1. The molecule has 1 amide bonds. The molecule has 0 atom stereocenters. The van der Waals surface area contributed by atoms with E-state index in [-0.39, 0.29) is 10.6 Å². The predicted octanol–water partition coefficient (Wildman–Crippen LogP) is 3.20. The summed E-state index contributed by atoms with van der Waals surface area (Å²) in [7, 11) is 0. The number of carbonyl (C=O) groups is 1. The van der Waals surface area contributed by atoms with Gasteiger partial charge in [0.15, 0.2) is 0 Å². The van der Waals surface area contributed by atoms with Gasteiger partial charge in [-0.15, -0.1) is 0 Å². The van der Waals surface area contributed by atoms with Crippen LogP contribution >= 0.6 is 11.6 Å². The Balaban J connectivity index is 2.35. The zero-order chi connectivity index (χ0) is 14.7. The molecule has 102 valence electrons. The average Bonchev–Trinajstić information content (AvgIpc) is 2.37. The molecule has 1 N–H and O–H groups in total. The monoisotopic (exact) mass is 291 g/mol. The first-order valence-corrected chi connectivity index (χ1v) is 6.04. The van der Waals surface area contributed by atoms with Crippen molar-refractivity contribution < 1.29 is 9.72 Å². The summed E-state index contributed by atoms with van der Waals surface area (Å²) in [5.41, 5.74) is 0.390. The van der Waals surface area contributed by atoms with Gasteiger partial charge in [0.25, 0.3) is 5.91 Å². The molecular formula is C13H10ClN3O3. The number of aryl methyl sites for hydroxylation is 1. The van der Waals surface area contributed by atoms with Crippen molar-refractivity contribution >= 4 is 29.0 Å². The number of halogens is 1. The number of carbonyl (C=O) groups excluding carboxylic acids is 1. The van der Waals surface area contributed by atoms with Crippen LogP contribution in [0.4, 0.5) is 11.5 Å². The van der Waals surface area contributed by atoms with E-state index in [0.29, 0.717) is 5.82 Å². The molecule has 1 aromatic carbocycles. The number of nitrogens with one attached hydrogen (secondary N) is 1. The van der Waals surface area contributed by atoms with Crippen LogP contribution in [0.1, 0.15) is 15.9 Å². The van der Waals surface area contributed by atoms with E-state index < -0.39 is 16.5 Å². The standard InChI is InChI=1S/C13H10ClN3O3/c1-8-5-6-15-11(7-8)16-13(18)9-3-2-4-10(14)12(9)17(19)20/h2-7H,1H3,(H,15,16,18). The first-order valence-electron chi connectivity index (χ1n) is 5.66. The Hall–Kier alpha value is -2.47. The summed E-state index contributed by atoms with van der Waals surface area (Å²) >= 11 is 5.76. The molecule has 1 heterocycles. The zero-order valence-corrected chi connectivity index (χ0v) is 11.2. The summed E-state index contributed by atoms with van der Waals surface area (Å²) < 4.78 is 0. The van der Waals surface area contributed by atoms with E-state index in [1.165, 1.54) is 24.4 Å². The molecule has 1 aromatic heterocycles. The molecule has 6 nitrogen and oxygen atoms in total. The zero-order valence-electron chi connectivity index (χ0n) is 10.5. The van der Waals surface area contributed by atoms with Crippen LogP contribution in [0.5, 0.6) is 0 Å². The number of para-hydroxylation sites is 1. The van der Waals surface area contributed by atoms with Gasteiger partial charge in [-0.1, -0.05) is 17.7 Å². The van der Waals surface area contributed by atoms with Gasteiger partial charge >= 0.3 is 5.69 Å². The summed E-state index contributed by atoms with van der Waals surface area (Å²) in [5.74, 6) is -0.304. The van der Waals surface area contributed by atoms with E-state index in [1.54, 1.807) is 12.1 Å². The highest BCUT2D eigenvalue weighted by molar-refractivity contribution is 6.33. The lowest BCUT2D eigenvalue weighted by Gasteiger charge is -2.06. The lowest BCUT2D eigenvalue weighted by atomic mass is 10.1. The van der Waals surface area contributed by atoms with E-state index in [4.69, 9.17) is 11.6 Å². The first kappa shape index (κ1) is 14.0. The Kier molecular flexibility index (Phi) is 3.95. The van der Waals surface area contributed by atoms with Crippen LogP contribution in [0.3, 0.4) is 0 Å². The van der Waals surface area contributed by atoms with Gasteiger partial charge in [0, 0.05) is 6.20 Å². The fraction of sp³-hybridized carbons (Fsp3) is 0.0769. The average molecular weight is 292 g/mol. The quantitative estimate of drug-likeness (QED) is 0.695. The molecule has 0 bridgehead atoms.